The number of benzene rings is 2. The Kier molecular flexibility index (Phi) is 3.17. The molecular weight excluding hydrogens is 292 g/mol. The van der Waals surface area contributed by atoms with Crippen LogP contribution in [0.4, 0.5) is 11.4 Å². The van der Waals surface area contributed by atoms with Crippen molar-refractivity contribution in [1.29, 1.82) is 0 Å². The van der Waals surface area contributed by atoms with Gasteiger partial charge in [-0.15, -0.1) is 0 Å². The van der Waals surface area contributed by atoms with Crippen LogP contribution in [0.5, 0.6) is 0 Å². The third-order valence-electron chi connectivity index (χ3n) is 5.19. The number of hydrogen-bond donors (Lipinski definition) is 0. The minimum absolute atomic E-state index is 0.0224. The summed E-state index contributed by atoms with van der Waals surface area (Å²) in [6.07, 6.45) is 4.07. The van der Waals surface area contributed by atoms with Crippen molar-refractivity contribution in [1.82, 2.24) is 0 Å². The molecule has 0 amide bonds. The number of rotatable bonds is 3. The Hall–Kier alpha value is -2.74. The van der Waals surface area contributed by atoms with E-state index in [9.17, 15) is 0 Å². The first-order valence-corrected chi connectivity index (χ1v) is 8.33. The van der Waals surface area contributed by atoms with Gasteiger partial charge in [-0.05, 0) is 35.9 Å². The maximum absolute atomic E-state index is 4.08. The van der Waals surface area contributed by atoms with Gasteiger partial charge in [0.1, 0.15) is 6.17 Å². The molecule has 2 nitrogen and oxygen atoms in total. The van der Waals surface area contributed by atoms with Crippen LogP contribution in [0.2, 0.25) is 0 Å². The molecule has 0 saturated carbocycles. The lowest BCUT2D eigenvalue weighted by Gasteiger charge is -2.37. The highest BCUT2D eigenvalue weighted by Gasteiger charge is 2.53. The lowest BCUT2D eigenvalue weighted by Crippen LogP contribution is -2.48. The van der Waals surface area contributed by atoms with E-state index in [1.807, 2.05) is 12.2 Å². The zero-order valence-electron chi connectivity index (χ0n) is 14.2. The molecule has 0 bridgehead atoms. The lowest BCUT2D eigenvalue weighted by molar-refractivity contribution is 0.443. The van der Waals surface area contributed by atoms with Crippen molar-refractivity contribution in [2.75, 3.05) is 9.80 Å². The van der Waals surface area contributed by atoms with Crippen molar-refractivity contribution in [3.8, 4) is 0 Å². The first kappa shape index (κ1) is 14.8. The van der Waals surface area contributed by atoms with Crippen molar-refractivity contribution in [3.63, 3.8) is 0 Å². The third-order valence-corrected chi connectivity index (χ3v) is 5.19. The number of anilines is 2. The van der Waals surface area contributed by atoms with E-state index in [2.05, 4.69) is 91.4 Å². The van der Waals surface area contributed by atoms with Crippen LogP contribution in [-0.4, -0.2) is 6.17 Å². The zero-order chi connectivity index (χ0) is 16.9. The highest BCUT2D eigenvalue weighted by atomic mass is 15.4. The summed E-state index contributed by atoms with van der Waals surface area (Å²) < 4.78 is 0. The Labute approximate surface area is 144 Å². The van der Waals surface area contributed by atoms with E-state index in [4.69, 9.17) is 0 Å². The molecule has 0 radical (unpaired) electrons. The van der Waals surface area contributed by atoms with Crippen molar-refractivity contribution < 1.29 is 0 Å². The number of fused-ring (bicyclic) bond motifs is 3. The largest absolute Gasteiger partial charge is 0.317 e. The standard InChI is InChI=1S/C22H22N2/c1-5-18-19(6-2)24-20-15-11-10-14-17(20)22(3,4)21(24)23(18)16-12-8-7-9-13-16/h5-15,21H,1-2H2,3-4H3. The molecule has 0 spiro atoms. The van der Waals surface area contributed by atoms with Gasteiger partial charge in [0.15, 0.2) is 0 Å². The van der Waals surface area contributed by atoms with Crippen molar-refractivity contribution in [2.24, 2.45) is 0 Å². The van der Waals surface area contributed by atoms with Gasteiger partial charge < -0.3 is 9.80 Å². The van der Waals surface area contributed by atoms with Gasteiger partial charge in [-0.3, -0.25) is 0 Å². The molecule has 0 fully saturated rings. The van der Waals surface area contributed by atoms with Gasteiger partial charge >= 0.3 is 0 Å². The van der Waals surface area contributed by atoms with E-state index in [1.165, 1.54) is 16.9 Å². The second kappa shape index (κ2) is 5.13. The molecule has 2 heterocycles. The Morgan fingerprint density at radius 3 is 2.08 bits per heavy atom. The molecule has 0 N–H and O–H groups in total. The summed E-state index contributed by atoms with van der Waals surface area (Å²) in [7, 11) is 0. The monoisotopic (exact) mass is 314 g/mol. The van der Waals surface area contributed by atoms with E-state index in [0.717, 1.165) is 11.4 Å². The predicted molar refractivity (Wildman–Crippen MR) is 102 cm³/mol. The highest BCUT2D eigenvalue weighted by Crippen LogP contribution is 2.53. The van der Waals surface area contributed by atoms with Gasteiger partial charge in [-0.25, -0.2) is 0 Å². The normalized spacial score (nSPS) is 20.8. The number of hydrogen-bond acceptors (Lipinski definition) is 2. The average molecular weight is 314 g/mol. The molecule has 120 valence electrons. The summed E-state index contributed by atoms with van der Waals surface area (Å²) in [5.41, 5.74) is 6.03. The molecule has 1 unspecified atom stereocenters. The van der Waals surface area contributed by atoms with E-state index in [0.29, 0.717) is 0 Å². The van der Waals surface area contributed by atoms with Crippen LogP contribution in [0.1, 0.15) is 19.4 Å². The molecule has 1 atom stereocenters. The molecule has 2 heteroatoms. The predicted octanol–water partition coefficient (Wildman–Crippen LogP) is 5.21. The Balaban J connectivity index is 1.99. The van der Waals surface area contributed by atoms with Crippen LogP contribution >= 0.6 is 0 Å². The molecule has 24 heavy (non-hydrogen) atoms. The molecule has 2 aliphatic heterocycles. The Bertz CT molecular complexity index is 835. The number of allylic oxidation sites excluding steroid dienone is 2. The van der Waals surface area contributed by atoms with E-state index in [1.54, 1.807) is 0 Å². The van der Waals surface area contributed by atoms with Crippen molar-refractivity contribution in [2.45, 2.75) is 25.4 Å². The first-order chi connectivity index (χ1) is 11.6. The molecule has 0 aliphatic carbocycles. The summed E-state index contributed by atoms with van der Waals surface area (Å²) >= 11 is 0. The van der Waals surface area contributed by atoms with Gasteiger partial charge in [0, 0.05) is 16.8 Å². The average Bonchev–Trinajstić information content (AvgIpc) is 3.07. The molecule has 0 saturated heterocycles. The van der Waals surface area contributed by atoms with Crippen LogP contribution in [0, 0.1) is 0 Å². The molecule has 2 aromatic carbocycles. The van der Waals surface area contributed by atoms with Crippen LogP contribution in [-0.2, 0) is 5.41 Å². The van der Waals surface area contributed by atoms with E-state index in [-0.39, 0.29) is 11.6 Å². The van der Waals surface area contributed by atoms with Gasteiger partial charge in [0.25, 0.3) is 0 Å². The van der Waals surface area contributed by atoms with Crippen molar-refractivity contribution >= 4 is 11.4 Å². The quantitative estimate of drug-likeness (QED) is 0.767. The molecular formula is C22H22N2. The molecule has 2 aromatic rings. The minimum Gasteiger partial charge on any atom is -0.317 e. The van der Waals surface area contributed by atoms with Crippen LogP contribution < -0.4 is 9.80 Å². The second-order valence-electron chi connectivity index (χ2n) is 6.87. The summed E-state index contributed by atoms with van der Waals surface area (Å²) in [6, 6.07) is 19.2. The van der Waals surface area contributed by atoms with E-state index >= 15 is 0 Å². The summed E-state index contributed by atoms with van der Waals surface area (Å²) in [5, 5.41) is 0. The molecule has 2 aliphatic rings. The maximum atomic E-state index is 4.08. The smallest absolute Gasteiger partial charge is 0.120 e. The van der Waals surface area contributed by atoms with Crippen LogP contribution in [0.3, 0.4) is 0 Å². The van der Waals surface area contributed by atoms with Crippen LogP contribution in [0.15, 0.2) is 91.3 Å². The fourth-order valence-corrected chi connectivity index (χ4v) is 4.18. The number of nitrogens with zero attached hydrogens (tertiary/aromatic N) is 2. The molecule has 0 aromatic heterocycles. The Morgan fingerprint density at radius 2 is 1.42 bits per heavy atom. The second-order valence-corrected chi connectivity index (χ2v) is 6.87. The topological polar surface area (TPSA) is 6.48 Å². The Morgan fingerprint density at radius 1 is 0.833 bits per heavy atom. The SMILES string of the molecule is C=CC1=C(C=C)N2c3ccccc3C(C)(C)C2N1c1ccccc1. The third kappa shape index (κ3) is 1.77. The van der Waals surface area contributed by atoms with Crippen molar-refractivity contribution in [3.05, 3.63) is 96.9 Å². The summed E-state index contributed by atoms with van der Waals surface area (Å²) in [6.45, 7) is 12.8. The van der Waals surface area contributed by atoms with Gasteiger partial charge in [0.05, 0.1) is 11.4 Å². The minimum atomic E-state index is -0.0224. The first-order valence-electron chi connectivity index (χ1n) is 8.33. The van der Waals surface area contributed by atoms with Gasteiger partial charge in [0.2, 0.25) is 0 Å². The van der Waals surface area contributed by atoms with Crippen LogP contribution in [0.25, 0.3) is 0 Å². The van der Waals surface area contributed by atoms with Gasteiger partial charge in [-0.1, -0.05) is 63.4 Å². The zero-order valence-corrected chi connectivity index (χ0v) is 14.2. The number of para-hydroxylation sites is 2. The molecule has 4 rings (SSSR count). The maximum Gasteiger partial charge on any atom is 0.120 e. The fourth-order valence-electron chi connectivity index (χ4n) is 4.18. The lowest BCUT2D eigenvalue weighted by atomic mass is 9.83. The fraction of sp³-hybridized carbons (Fsp3) is 0.182. The summed E-state index contributed by atoms with van der Waals surface area (Å²) in [5.74, 6) is 0. The highest BCUT2D eigenvalue weighted by molar-refractivity contribution is 5.78. The van der Waals surface area contributed by atoms with Gasteiger partial charge in [-0.2, -0.15) is 0 Å². The van der Waals surface area contributed by atoms with E-state index < -0.39 is 0 Å². The summed E-state index contributed by atoms with van der Waals surface area (Å²) in [4.78, 5) is 4.80.